The van der Waals surface area contributed by atoms with Crippen LogP contribution in [0.2, 0.25) is 0 Å². The maximum atomic E-state index is 13.2. The molecule has 0 radical (unpaired) electrons. The van der Waals surface area contributed by atoms with E-state index in [-0.39, 0.29) is 0 Å². The molecule has 0 aromatic heterocycles. The monoisotopic (exact) mass is 332 g/mol. The first-order valence-electron chi connectivity index (χ1n) is 4.61. The van der Waals surface area contributed by atoms with E-state index >= 15 is 0 Å². The van der Waals surface area contributed by atoms with Crippen LogP contribution in [0, 0.1) is 0 Å². The van der Waals surface area contributed by atoms with Gasteiger partial charge >= 0.3 is 30.0 Å². The average molecular weight is 332 g/mol. The van der Waals surface area contributed by atoms with Crippen LogP contribution >= 0.6 is 11.8 Å². The highest BCUT2D eigenvalue weighted by Crippen LogP contribution is 2.51. The van der Waals surface area contributed by atoms with Crippen LogP contribution < -0.4 is 0 Å². The summed E-state index contributed by atoms with van der Waals surface area (Å²) in [6.07, 6.45) is -8.35. The molecule has 0 bridgehead atoms. The molecule has 0 saturated heterocycles. The number of carboxylic acid groups (broad SMARTS) is 2. The summed E-state index contributed by atoms with van der Waals surface area (Å²) in [7, 11) is 0. The van der Waals surface area contributed by atoms with E-state index in [1.807, 2.05) is 0 Å². The molecular weight excluding hydrogens is 325 g/mol. The zero-order chi connectivity index (χ0) is 16.4. The Kier molecular flexibility index (Phi) is 5.69. The number of hydrogen-bond acceptors (Lipinski definition) is 3. The summed E-state index contributed by atoms with van der Waals surface area (Å²) in [5.41, 5.74) is 0. The molecular formula is C8H7F7O4S. The first kappa shape index (κ1) is 18.8. The highest BCUT2D eigenvalue weighted by molar-refractivity contribution is 8.00. The second-order valence-corrected chi connectivity index (χ2v) is 4.68. The number of aliphatic carboxylic acids is 2. The third kappa shape index (κ3) is 4.15. The van der Waals surface area contributed by atoms with Crippen molar-refractivity contribution in [3.05, 3.63) is 0 Å². The maximum Gasteiger partial charge on any atom is 0.459 e. The first-order chi connectivity index (χ1) is 8.73. The molecule has 0 amide bonds. The molecule has 0 heterocycles. The van der Waals surface area contributed by atoms with Gasteiger partial charge in [0.25, 0.3) is 0 Å². The minimum absolute atomic E-state index is 0.502. The third-order valence-corrected chi connectivity index (χ3v) is 3.23. The van der Waals surface area contributed by atoms with Crippen molar-refractivity contribution >= 4 is 23.7 Å². The molecule has 4 nitrogen and oxygen atoms in total. The van der Waals surface area contributed by atoms with Crippen LogP contribution in [0.15, 0.2) is 0 Å². The lowest BCUT2D eigenvalue weighted by molar-refractivity contribution is -0.354. The Morgan fingerprint density at radius 3 is 1.70 bits per heavy atom. The summed E-state index contributed by atoms with van der Waals surface area (Å²) < 4.78 is 87.6. The van der Waals surface area contributed by atoms with Gasteiger partial charge in [0, 0.05) is 0 Å². The normalized spacial score (nSPS) is 14.9. The van der Waals surface area contributed by atoms with E-state index in [0.717, 1.165) is 0 Å². The molecule has 20 heavy (non-hydrogen) atoms. The van der Waals surface area contributed by atoms with Gasteiger partial charge < -0.3 is 10.2 Å². The maximum absolute atomic E-state index is 13.2. The van der Waals surface area contributed by atoms with Crippen molar-refractivity contribution in [2.75, 3.05) is 5.75 Å². The van der Waals surface area contributed by atoms with E-state index in [1.54, 1.807) is 0 Å². The molecule has 0 aliphatic heterocycles. The van der Waals surface area contributed by atoms with Gasteiger partial charge in [0.05, 0.1) is 17.4 Å². The van der Waals surface area contributed by atoms with Gasteiger partial charge in [-0.1, -0.05) is 0 Å². The lowest BCUT2D eigenvalue weighted by atomic mass is 10.1. The van der Waals surface area contributed by atoms with Gasteiger partial charge in [-0.05, 0) is 0 Å². The number of halogens is 7. The minimum Gasteiger partial charge on any atom is -0.481 e. The van der Waals surface area contributed by atoms with Crippen LogP contribution in [-0.2, 0) is 9.59 Å². The smallest absolute Gasteiger partial charge is 0.459 e. The zero-order valence-corrected chi connectivity index (χ0v) is 10.1. The van der Waals surface area contributed by atoms with Gasteiger partial charge in [-0.15, -0.1) is 11.8 Å². The van der Waals surface area contributed by atoms with Gasteiger partial charge in [-0.3, -0.25) is 9.59 Å². The Morgan fingerprint density at radius 1 is 0.950 bits per heavy atom. The molecule has 0 saturated carbocycles. The predicted molar refractivity (Wildman–Crippen MR) is 52.1 cm³/mol. The van der Waals surface area contributed by atoms with Crippen LogP contribution in [0.25, 0.3) is 0 Å². The molecule has 0 unspecified atom stereocenters. The molecule has 0 fully saturated rings. The molecule has 0 aromatic carbocycles. The van der Waals surface area contributed by atoms with Crippen LogP contribution in [0.5, 0.6) is 0 Å². The quantitative estimate of drug-likeness (QED) is 0.701. The summed E-state index contributed by atoms with van der Waals surface area (Å²) in [5, 5.41) is 13.4. The van der Waals surface area contributed by atoms with Crippen molar-refractivity contribution in [1.29, 1.82) is 0 Å². The van der Waals surface area contributed by atoms with Crippen molar-refractivity contribution in [3.8, 4) is 0 Å². The number of thioether (sulfide) groups is 1. The molecule has 0 aliphatic carbocycles. The lowest BCUT2D eigenvalue weighted by Crippen LogP contribution is -2.57. The fraction of sp³-hybridized carbons (Fsp3) is 0.750. The number of rotatable bonds is 7. The number of hydrogen-bond donors (Lipinski definition) is 2. The highest BCUT2D eigenvalue weighted by atomic mass is 32.2. The van der Waals surface area contributed by atoms with Gasteiger partial charge in [0.15, 0.2) is 0 Å². The third-order valence-electron chi connectivity index (χ3n) is 1.95. The predicted octanol–water partition coefficient (Wildman–Crippen LogP) is 2.48. The fourth-order valence-electron chi connectivity index (χ4n) is 1.01. The van der Waals surface area contributed by atoms with E-state index in [4.69, 9.17) is 10.2 Å². The second kappa shape index (κ2) is 6.06. The number of alkyl halides is 7. The van der Waals surface area contributed by atoms with Crippen LogP contribution in [0.3, 0.4) is 0 Å². The molecule has 2 N–H and O–H groups in total. The topological polar surface area (TPSA) is 74.6 Å². The Morgan fingerprint density at radius 2 is 1.40 bits per heavy atom. The number of carbonyl (C=O) groups is 2. The fourth-order valence-corrected chi connectivity index (χ4v) is 1.97. The molecule has 0 aromatic rings. The highest BCUT2D eigenvalue weighted by Gasteiger charge is 2.75. The molecule has 0 rings (SSSR count). The van der Waals surface area contributed by atoms with E-state index in [9.17, 15) is 40.3 Å². The molecule has 0 aliphatic rings. The summed E-state index contributed by atoms with van der Waals surface area (Å²) >= 11 is -0.502. The Hall–Kier alpha value is -1.20. The summed E-state index contributed by atoms with van der Waals surface area (Å²) in [4.78, 5) is 20.4. The first-order valence-corrected chi connectivity index (χ1v) is 5.66. The standard InChI is InChI=1S/C8H7F7O4S/c9-6(10,7(11,12)8(13,14)15)3(1-4(16)17)20-2-5(18)19/h3H,1-2H2,(H,16,17)(H,18,19)/t3-/m1/s1. The summed E-state index contributed by atoms with van der Waals surface area (Å²) in [5.74, 6) is -17.3. The molecule has 0 spiro atoms. The van der Waals surface area contributed by atoms with E-state index in [2.05, 4.69) is 0 Å². The minimum atomic E-state index is -6.60. The number of carboxylic acids is 2. The van der Waals surface area contributed by atoms with Crippen LogP contribution in [0.4, 0.5) is 30.7 Å². The van der Waals surface area contributed by atoms with E-state index in [0.29, 0.717) is 0 Å². The van der Waals surface area contributed by atoms with Crippen molar-refractivity contribution in [1.82, 2.24) is 0 Å². The Balaban J connectivity index is 5.40. The van der Waals surface area contributed by atoms with Crippen LogP contribution in [-0.4, -0.2) is 51.2 Å². The van der Waals surface area contributed by atoms with Crippen molar-refractivity contribution in [2.45, 2.75) is 29.7 Å². The Labute approximate surface area is 110 Å². The molecule has 118 valence electrons. The van der Waals surface area contributed by atoms with E-state index in [1.165, 1.54) is 0 Å². The Bertz CT molecular complexity index is 382. The molecule has 1 atom stereocenters. The zero-order valence-electron chi connectivity index (χ0n) is 9.26. The van der Waals surface area contributed by atoms with Crippen LogP contribution in [0.1, 0.15) is 6.42 Å². The van der Waals surface area contributed by atoms with Crippen molar-refractivity contribution in [3.63, 3.8) is 0 Å². The van der Waals surface area contributed by atoms with Crippen molar-refractivity contribution < 1.29 is 50.5 Å². The van der Waals surface area contributed by atoms with Crippen molar-refractivity contribution in [2.24, 2.45) is 0 Å². The van der Waals surface area contributed by atoms with Gasteiger partial charge in [0.2, 0.25) is 0 Å². The summed E-state index contributed by atoms with van der Waals surface area (Å²) in [6, 6.07) is 0. The SMILES string of the molecule is O=C(O)CS[C@H](CC(=O)O)C(F)(F)C(F)(F)C(F)(F)F. The second-order valence-electron chi connectivity index (χ2n) is 3.49. The molecule has 12 heteroatoms. The van der Waals surface area contributed by atoms with E-state index < -0.39 is 59.1 Å². The lowest BCUT2D eigenvalue weighted by Gasteiger charge is -2.32. The largest absolute Gasteiger partial charge is 0.481 e. The summed E-state index contributed by atoms with van der Waals surface area (Å²) in [6.45, 7) is 0. The van der Waals surface area contributed by atoms with Gasteiger partial charge in [0.1, 0.15) is 0 Å². The van der Waals surface area contributed by atoms with Gasteiger partial charge in [-0.2, -0.15) is 30.7 Å². The average Bonchev–Trinajstić information content (AvgIpc) is 2.21. The van der Waals surface area contributed by atoms with Gasteiger partial charge in [-0.25, -0.2) is 0 Å².